The summed E-state index contributed by atoms with van der Waals surface area (Å²) in [6.07, 6.45) is 0. The minimum atomic E-state index is -2.05. The second-order valence-electron chi connectivity index (χ2n) is 6.03. The van der Waals surface area contributed by atoms with Crippen LogP contribution in [0.2, 0.25) is 0 Å². The zero-order valence-corrected chi connectivity index (χ0v) is 14.3. The van der Waals surface area contributed by atoms with Crippen LogP contribution in [0.15, 0.2) is 42.5 Å². The lowest BCUT2D eigenvalue weighted by Crippen LogP contribution is -2.36. The number of aliphatic hydroxyl groups is 1. The molecule has 2 aromatic rings. The fraction of sp³-hybridized carbons (Fsp3) is 0.263. The van der Waals surface area contributed by atoms with Gasteiger partial charge >= 0.3 is 5.97 Å². The van der Waals surface area contributed by atoms with Crippen LogP contribution in [0.1, 0.15) is 23.6 Å². The maximum Gasteiger partial charge on any atom is 0.343 e. The summed E-state index contributed by atoms with van der Waals surface area (Å²) in [7, 11) is 0. The fourth-order valence-electron chi connectivity index (χ4n) is 2.32. The summed E-state index contributed by atoms with van der Waals surface area (Å²) < 4.78 is 18.1. The number of aryl methyl sites for hydroxylation is 2. The molecule has 25 heavy (non-hydrogen) atoms. The largest absolute Gasteiger partial charge is 0.453 e. The Morgan fingerprint density at radius 3 is 2.56 bits per heavy atom. The summed E-state index contributed by atoms with van der Waals surface area (Å²) >= 11 is 0. The molecule has 0 fully saturated rings. The average molecular weight is 345 g/mol. The van der Waals surface area contributed by atoms with Crippen molar-refractivity contribution in [2.75, 3.05) is 11.9 Å². The van der Waals surface area contributed by atoms with Crippen LogP contribution in [0.25, 0.3) is 0 Å². The van der Waals surface area contributed by atoms with E-state index >= 15 is 0 Å². The van der Waals surface area contributed by atoms with Crippen molar-refractivity contribution in [3.63, 3.8) is 0 Å². The lowest BCUT2D eigenvalue weighted by Gasteiger charge is -2.21. The van der Waals surface area contributed by atoms with Crippen molar-refractivity contribution in [1.29, 1.82) is 0 Å². The molecule has 0 aliphatic heterocycles. The van der Waals surface area contributed by atoms with Gasteiger partial charge in [-0.25, -0.2) is 9.18 Å². The van der Waals surface area contributed by atoms with Gasteiger partial charge in [-0.2, -0.15) is 0 Å². The van der Waals surface area contributed by atoms with Crippen molar-refractivity contribution in [2.24, 2.45) is 0 Å². The number of rotatable bonds is 5. The van der Waals surface area contributed by atoms with Gasteiger partial charge in [0.15, 0.2) is 12.2 Å². The van der Waals surface area contributed by atoms with Gasteiger partial charge in [0.2, 0.25) is 0 Å². The molecule has 0 spiro atoms. The Bertz CT molecular complexity index is 802. The molecule has 0 unspecified atom stereocenters. The number of hydrogen-bond donors (Lipinski definition) is 2. The topological polar surface area (TPSA) is 75.6 Å². The van der Waals surface area contributed by atoms with Gasteiger partial charge in [0.25, 0.3) is 5.91 Å². The van der Waals surface area contributed by atoms with Crippen molar-refractivity contribution in [3.8, 4) is 0 Å². The molecule has 0 saturated heterocycles. The molecule has 0 bridgehead atoms. The number of amides is 1. The summed E-state index contributed by atoms with van der Waals surface area (Å²) in [5.41, 5.74) is 0.553. The molecule has 0 aliphatic carbocycles. The molecular formula is C19H20FNO4. The average Bonchev–Trinajstić information content (AvgIpc) is 2.55. The minimum Gasteiger partial charge on any atom is -0.453 e. The molecule has 0 heterocycles. The number of anilines is 1. The standard InChI is InChI=1S/C19H20FNO4/c1-12-7-8-16(13(2)9-12)21-17(22)11-25-18(23)19(3,24)14-5-4-6-15(20)10-14/h4-10,24H,11H2,1-3H3,(H,21,22)/t19-/m1/s1. The smallest absolute Gasteiger partial charge is 0.343 e. The van der Waals surface area contributed by atoms with Crippen LogP contribution in [0.5, 0.6) is 0 Å². The van der Waals surface area contributed by atoms with E-state index in [1.807, 2.05) is 26.0 Å². The summed E-state index contributed by atoms with van der Waals surface area (Å²) in [6.45, 7) is 4.42. The van der Waals surface area contributed by atoms with Crippen LogP contribution in [0.3, 0.4) is 0 Å². The van der Waals surface area contributed by atoms with Gasteiger partial charge in [-0.15, -0.1) is 0 Å². The zero-order chi connectivity index (χ0) is 18.6. The molecule has 132 valence electrons. The monoisotopic (exact) mass is 345 g/mol. The van der Waals surface area contributed by atoms with E-state index in [4.69, 9.17) is 4.74 Å². The van der Waals surface area contributed by atoms with E-state index in [0.29, 0.717) is 5.69 Å². The van der Waals surface area contributed by atoms with E-state index in [2.05, 4.69) is 5.32 Å². The number of hydrogen-bond acceptors (Lipinski definition) is 4. The Morgan fingerprint density at radius 1 is 1.20 bits per heavy atom. The molecule has 0 aromatic heterocycles. The Labute approximate surface area is 145 Å². The molecule has 5 nitrogen and oxygen atoms in total. The number of nitrogens with one attached hydrogen (secondary N) is 1. The van der Waals surface area contributed by atoms with E-state index in [0.717, 1.165) is 17.2 Å². The van der Waals surface area contributed by atoms with Gasteiger partial charge in [-0.1, -0.05) is 29.8 Å². The Morgan fingerprint density at radius 2 is 1.92 bits per heavy atom. The minimum absolute atomic E-state index is 0.0484. The van der Waals surface area contributed by atoms with Crippen molar-refractivity contribution >= 4 is 17.6 Å². The molecule has 0 saturated carbocycles. The summed E-state index contributed by atoms with van der Waals surface area (Å²) in [6, 6.07) is 10.5. The summed E-state index contributed by atoms with van der Waals surface area (Å²) in [5.74, 6) is -2.15. The number of esters is 1. The number of carbonyl (C=O) groups is 2. The molecule has 1 atom stereocenters. The van der Waals surface area contributed by atoms with Crippen LogP contribution in [0.4, 0.5) is 10.1 Å². The third-order valence-corrected chi connectivity index (χ3v) is 3.77. The van der Waals surface area contributed by atoms with Crippen molar-refractivity contribution in [2.45, 2.75) is 26.4 Å². The van der Waals surface area contributed by atoms with Gasteiger partial charge in [-0.3, -0.25) is 4.79 Å². The fourth-order valence-corrected chi connectivity index (χ4v) is 2.32. The van der Waals surface area contributed by atoms with Gasteiger partial charge in [0.1, 0.15) is 5.82 Å². The highest BCUT2D eigenvalue weighted by Gasteiger charge is 2.35. The van der Waals surface area contributed by atoms with E-state index < -0.39 is 29.9 Å². The molecule has 2 rings (SSSR count). The molecule has 0 aliphatic rings. The first kappa shape index (κ1) is 18.6. The highest BCUT2D eigenvalue weighted by molar-refractivity contribution is 5.94. The van der Waals surface area contributed by atoms with Crippen molar-refractivity contribution in [1.82, 2.24) is 0 Å². The van der Waals surface area contributed by atoms with E-state index in [9.17, 15) is 19.1 Å². The maximum atomic E-state index is 13.3. The van der Waals surface area contributed by atoms with Gasteiger partial charge in [-0.05, 0) is 50.1 Å². The first-order chi connectivity index (χ1) is 11.7. The maximum absolute atomic E-state index is 13.3. The van der Waals surface area contributed by atoms with E-state index in [1.54, 1.807) is 6.07 Å². The van der Waals surface area contributed by atoms with Crippen molar-refractivity contribution in [3.05, 3.63) is 65.0 Å². The van der Waals surface area contributed by atoms with Gasteiger partial charge < -0.3 is 15.2 Å². The molecule has 0 radical (unpaired) electrons. The second kappa shape index (κ2) is 7.44. The predicted molar refractivity (Wildman–Crippen MR) is 91.5 cm³/mol. The summed E-state index contributed by atoms with van der Waals surface area (Å²) in [5, 5.41) is 12.9. The number of carbonyl (C=O) groups excluding carboxylic acids is 2. The third kappa shape index (κ3) is 4.64. The van der Waals surface area contributed by atoms with Crippen LogP contribution in [-0.4, -0.2) is 23.6 Å². The van der Waals surface area contributed by atoms with E-state index in [-0.39, 0.29) is 5.56 Å². The van der Waals surface area contributed by atoms with Crippen LogP contribution in [0, 0.1) is 19.7 Å². The SMILES string of the molecule is Cc1ccc(NC(=O)COC(=O)[C@](C)(O)c2cccc(F)c2)c(C)c1. The number of benzene rings is 2. The Hall–Kier alpha value is -2.73. The first-order valence-electron chi connectivity index (χ1n) is 7.73. The Balaban J connectivity index is 1.97. The van der Waals surface area contributed by atoms with Gasteiger partial charge in [0, 0.05) is 5.69 Å². The van der Waals surface area contributed by atoms with Crippen molar-refractivity contribution < 1.29 is 23.8 Å². The highest BCUT2D eigenvalue weighted by atomic mass is 19.1. The lowest BCUT2D eigenvalue weighted by molar-refractivity contribution is -0.166. The highest BCUT2D eigenvalue weighted by Crippen LogP contribution is 2.23. The zero-order valence-electron chi connectivity index (χ0n) is 14.3. The lowest BCUT2D eigenvalue weighted by atomic mass is 9.96. The molecule has 1 amide bonds. The number of halogens is 1. The molecular weight excluding hydrogens is 325 g/mol. The third-order valence-electron chi connectivity index (χ3n) is 3.77. The second-order valence-corrected chi connectivity index (χ2v) is 6.03. The predicted octanol–water partition coefficient (Wildman–Crippen LogP) is 2.83. The molecule has 6 heteroatoms. The summed E-state index contributed by atoms with van der Waals surface area (Å²) in [4.78, 5) is 24.0. The molecule has 2 aromatic carbocycles. The van der Waals surface area contributed by atoms with Crippen LogP contribution < -0.4 is 5.32 Å². The van der Waals surface area contributed by atoms with Gasteiger partial charge in [0.05, 0.1) is 0 Å². The van der Waals surface area contributed by atoms with Crippen LogP contribution >= 0.6 is 0 Å². The Kier molecular flexibility index (Phi) is 5.54. The first-order valence-corrected chi connectivity index (χ1v) is 7.73. The normalized spacial score (nSPS) is 13.0. The number of ether oxygens (including phenoxy) is 1. The molecule has 2 N–H and O–H groups in total. The van der Waals surface area contributed by atoms with E-state index in [1.165, 1.54) is 25.1 Å². The van der Waals surface area contributed by atoms with Crippen LogP contribution in [-0.2, 0) is 19.9 Å². The quantitative estimate of drug-likeness (QED) is 0.817.